The second kappa shape index (κ2) is 4.70. The lowest BCUT2D eigenvalue weighted by molar-refractivity contribution is 0.517. The van der Waals surface area contributed by atoms with Crippen LogP contribution in [0.15, 0.2) is 18.3 Å². The van der Waals surface area contributed by atoms with Crippen molar-refractivity contribution in [2.45, 2.75) is 38.5 Å². The largest absolute Gasteiger partial charge is 0.257 e. The van der Waals surface area contributed by atoms with E-state index in [1.165, 1.54) is 18.3 Å². The number of halogens is 1. The highest BCUT2D eigenvalue weighted by molar-refractivity contribution is 7.90. The zero-order valence-corrected chi connectivity index (χ0v) is 11.2. The molecule has 0 saturated carbocycles. The summed E-state index contributed by atoms with van der Waals surface area (Å²) in [5.74, 6) is -0.517. The third kappa shape index (κ3) is 3.23. The van der Waals surface area contributed by atoms with Crippen LogP contribution in [-0.2, 0) is 10.0 Å². The molecule has 1 heterocycles. The average molecular weight is 260 g/mol. The van der Waals surface area contributed by atoms with Gasteiger partial charge in [0, 0.05) is 6.20 Å². The summed E-state index contributed by atoms with van der Waals surface area (Å²) in [5.41, 5.74) is 0.0975. The van der Waals surface area contributed by atoms with Crippen LogP contribution < -0.4 is 4.72 Å². The summed E-state index contributed by atoms with van der Waals surface area (Å²) in [4.78, 5) is 3.84. The van der Waals surface area contributed by atoms with Crippen LogP contribution in [0, 0.1) is 5.82 Å². The molecule has 0 fully saturated rings. The number of aromatic nitrogens is 1. The molecule has 1 rings (SSSR count). The minimum Gasteiger partial charge on any atom is -0.257 e. The molecule has 1 atom stereocenters. The van der Waals surface area contributed by atoms with Gasteiger partial charge in [0.1, 0.15) is 5.82 Å². The van der Waals surface area contributed by atoms with Crippen LogP contribution in [0.1, 0.15) is 39.4 Å². The fourth-order valence-electron chi connectivity index (χ4n) is 1.18. The van der Waals surface area contributed by atoms with Crippen LogP contribution in [0.25, 0.3) is 0 Å². The van der Waals surface area contributed by atoms with Gasteiger partial charge in [-0.25, -0.2) is 17.5 Å². The van der Waals surface area contributed by atoms with E-state index in [2.05, 4.69) is 9.71 Å². The van der Waals surface area contributed by atoms with Crippen LogP contribution in [0.3, 0.4) is 0 Å². The van der Waals surface area contributed by atoms with Crippen LogP contribution in [0.5, 0.6) is 0 Å². The minimum absolute atomic E-state index is 0.0975. The summed E-state index contributed by atoms with van der Waals surface area (Å²) in [6.45, 7) is 6.30. The molecule has 0 aliphatic carbocycles. The lowest BCUT2D eigenvalue weighted by Crippen LogP contribution is -2.40. The molecule has 0 aliphatic rings. The Morgan fingerprint density at radius 3 is 2.47 bits per heavy atom. The van der Waals surface area contributed by atoms with E-state index in [1.54, 1.807) is 27.7 Å². The first-order valence-electron chi connectivity index (χ1n) is 5.27. The Bertz CT molecular complexity index is 494. The molecule has 0 amide bonds. The highest BCUT2D eigenvalue weighted by Gasteiger charge is 2.31. The Morgan fingerprint density at radius 2 is 2.00 bits per heavy atom. The molecule has 1 aromatic rings. The van der Waals surface area contributed by atoms with Gasteiger partial charge in [0.2, 0.25) is 10.0 Å². The fourth-order valence-corrected chi connectivity index (χ4v) is 2.11. The number of pyridine rings is 1. The first-order chi connectivity index (χ1) is 7.65. The molecule has 0 unspecified atom stereocenters. The molecule has 4 nitrogen and oxygen atoms in total. The zero-order valence-electron chi connectivity index (χ0n) is 10.4. The van der Waals surface area contributed by atoms with Crippen molar-refractivity contribution in [3.8, 4) is 0 Å². The standard InChI is InChI=1S/C11H17FN2O2S/c1-8(10-9(12)6-5-7-13-10)14-17(15,16)11(2,3)4/h5-8,14H,1-4H3/t8-/m1/s1. The van der Waals surface area contributed by atoms with Crippen molar-refractivity contribution in [1.29, 1.82) is 0 Å². The van der Waals surface area contributed by atoms with E-state index in [0.717, 1.165) is 0 Å². The molecule has 17 heavy (non-hydrogen) atoms. The van der Waals surface area contributed by atoms with Crippen molar-refractivity contribution in [1.82, 2.24) is 9.71 Å². The first-order valence-corrected chi connectivity index (χ1v) is 6.76. The molecular formula is C11H17FN2O2S. The predicted molar refractivity (Wildman–Crippen MR) is 64.4 cm³/mol. The van der Waals surface area contributed by atoms with E-state index in [1.807, 2.05) is 0 Å². The molecule has 0 bridgehead atoms. The van der Waals surface area contributed by atoms with Crippen molar-refractivity contribution in [3.63, 3.8) is 0 Å². The lowest BCUT2D eigenvalue weighted by Gasteiger charge is -2.23. The summed E-state index contributed by atoms with van der Waals surface area (Å²) in [7, 11) is -3.52. The average Bonchev–Trinajstić information content (AvgIpc) is 2.15. The van der Waals surface area contributed by atoms with Gasteiger partial charge in [0.05, 0.1) is 16.5 Å². The fraction of sp³-hybridized carbons (Fsp3) is 0.545. The minimum atomic E-state index is -3.52. The molecule has 96 valence electrons. The van der Waals surface area contributed by atoms with E-state index in [-0.39, 0.29) is 5.69 Å². The predicted octanol–water partition coefficient (Wildman–Crippen LogP) is 2.00. The molecule has 0 aliphatic heterocycles. The second-order valence-electron chi connectivity index (χ2n) is 4.83. The Labute approximate surface area is 101 Å². The topological polar surface area (TPSA) is 59.1 Å². The van der Waals surface area contributed by atoms with Gasteiger partial charge in [-0.2, -0.15) is 0 Å². The van der Waals surface area contributed by atoms with Gasteiger partial charge >= 0.3 is 0 Å². The molecule has 0 aromatic carbocycles. The Balaban J connectivity index is 2.96. The number of hydrogen-bond donors (Lipinski definition) is 1. The molecule has 1 N–H and O–H groups in total. The number of sulfonamides is 1. The van der Waals surface area contributed by atoms with Gasteiger partial charge in [0.25, 0.3) is 0 Å². The summed E-state index contributed by atoms with van der Waals surface area (Å²) in [5, 5.41) is 0. The number of nitrogens with one attached hydrogen (secondary N) is 1. The highest BCUT2D eigenvalue weighted by Crippen LogP contribution is 2.19. The maximum atomic E-state index is 13.4. The Hall–Kier alpha value is -1.01. The summed E-state index contributed by atoms with van der Waals surface area (Å²) >= 11 is 0. The van der Waals surface area contributed by atoms with E-state index in [0.29, 0.717) is 0 Å². The second-order valence-corrected chi connectivity index (χ2v) is 7.29. The summed E-state index contributed by atoms with van der Waals surface area (Å²) < 4.78 is 38.7. The highest BCUT2D eigenvalue weighted by atomic mass is 32.2. The summed E-state index contributed by atoms with van der Waals surface area (Å²) in [6.07, 6.45) is 1.43. The van der Waals surface area contributed by atoms with Crippen LogP contribution in [0.4, 0.5) is 4.39 Å². The quantitative estimate of drug-likeness (QED) is 0.904. The first kappa shape index (κ1) is 14.1. The monoisotopic (exact) mass is 260 g/mol. The van der Waals surface area contributed by atoms with Crippen LogP contribution >= 0.6 is 0 Å². The van der Waals surface area contributed by atoms with Gasteiger partial charge in [-0.1, -0.05) is 0 Å². The van der Waals surface area contributed by atoms with Crippen LogP contribution in [-0.4, -0.2) is 18.1 Å². The van der Waals surface area contributed by atoms with E-state index in [4.69, 9.17) is 0 Å². The number of nitrogens with zero attached hydrogens (tertiary/aromatic N) is 1. The third-order valence-corrected chi connectivity index (χ3v) is 4.61. The Morgan fingerprint density at radius 1 is 1.41 bits per heavy atom. The molecule has 0 spiro atoms. The van der Waals surface area contributed by atoms with Gasteiger partial charge in [-0.3, -0.25) is 4.98 Å². The normalized spacial score (nSPS) is 14.6. The Kier molecular flexibility index (Phi) is 3.88. The number of hydrogen-bond acceptors (Lipinski definition) is 3. The van der Waals surface area contributed by atoms with E-state index in [9.17, 15) is 12.8 Å². The van der Waals surface area contributed by atoms with Gasteiger partial charge < -0.3 is 0 Å². The van der Waals surface area contributed by atoms with E-state index < -0.39 is 26.6 Å². The molecule has 0 radical (unpaired) electrons. The molecule has 0 saturated heterocycles. The summed E-state index contributed by atoms with van der Waals surface area (Å²) in [6, 6.07) is 2.02. The third-order valence-electron chi connectivity index (χ3n) is 2.34. The maximum absolute atomic E-state index is 13.4. The SMILES string of the molecule is C[C@@H](NS(=O)(=O)C(C)(C)C)c1ncccc1F. The van der Waals surface area contributed by atoms with Crippen molar-refractivity contribution >= 4 is 10.0 Å². The molecule has 1 aromatic heterocycles. The van der Waals surface area contributed by atoms with Gasteiger partial charge in [0.15, 0.2) is 0 Å². The van der Waals surface area contributed by atoms with Crippen molar-refractivity contribution in [2.24, 2.45) is 0 Å². The zero-order chi connectivity index (χ0) is 13.3. The van der Waals surface area contributed by atoms with Crippen molar-refractivity contribution in [2.75, 3.05) is 0 Å². The lowest BCUT2D eigenvalue weighted by atomic mass is 10.2. The van der Waals surface area contributed by atoms with Crippen molar-refractivity contribution in [3.05, 3.63) is 29.8 Å². The van der Waals surface area contributed by atoms with Crippen molar-refractivity contribution < 1.29 is 12.8 Å². The van der Waals surface area contributed by atoms with Crippen LogP contribution in [0.2, 0.25) is 0 Å². The molecule has 6 heteroatoms. The maximum Gasteiger partial charge on any atom is 0.217 e. The smallest absolute Gasteiger partial charge is 0.217 e. The molecular weight excluding hydrogens is 243 g/mol. The van der Waals surface area contributed by atoms with E-state index >= 15 is 0 Å². The van der Waals surface area contributed by atoms with Gasteiger partial charge in [-0.15, -0.1) is 0 Å². The van der Waals surface area contributed by atoms with Gasteiger partial charge in [-0.05, 0) is 39.8 Å². The number of rotatable bonds is 3.